The van der Waals surface area contributed by atoms with Crippen LogP contribution in [0.2, 0.25) is 5.02 Å². The fourth-order valence-electron chi connectivity index (χ4n) is 1.09. The average Bonchev–Trinajstić information content (AvgIpc) is 2.09. The van der Waals surface area contributed by atoms with Crippen molar-refractivity contribution in [3.8, 4) is 0 Å². The number of hydrogen-bond donors (Lipinski definition) is 2. The van der Waals surface area contributed by atoms with Crippen molar-refractivity contribution in [3.05, 3.63) is 34.6 Å². The van der Waals surface area contributed by atoms with Crippen LogP contribution in [0, 0.1) is 5.82 Å². The minimum atomic E-state index is -0.497. The summed E-state index contributed by atoms with van der Waals surface area (Å²) in [6.45, 7) is -0.0624. The molecule has 0 unspecified atom stereocenters. The minimum absolute atomic E-state index is 0.0624. The monoisotopic (exact) mass is 203 g/mol. The van der Waals surface area contributed by atoms with Gasteiger partial charge in [0.25, 0.3) is 0 Å². The molecule has 13 heavy (non-hydrogen) atoms. The van der Waals surface area contributed by atoms with Gasteiger partial charge in [0.15, 0.2) is 0 Å². The smallest absolute Gasteiger partial charge is 0.128 e. The highest BCUT2D eigenvalue weighted by Crippen LogP contribution is 2.21. The van der Waals surface area contributed by atoms with Gasteiger partial charge in [0.2, 0.25) is 0 Å². The summed E-state index contributed by atoms with van der Waals surface area (Å²) in [6, 6.07) is 3.72. The Balaban J connectivity index is 2.91. The molecule has 0 bridgehead atoms. The van der Waals surface area contributed by atoms with Crippen molar-refractivity contribution in [1.82, 2.24) is 0 Å². The van der Waals surface area contributed by atoms with Crippen LogP contribution in [0.1, 0.15) is 18.0 Å². The van der Waals surface area contributed by atoms with E-state index in [0.717, 1.165) is 0 Å². The molecule has 1 rings (SSSR count). The van der Waals surface area contributed by atoms with E-state index in [-0.39, 0.29) is 12.4 Å². The predicted octanol–water partition coefficient (Wildman–Crippen LogP) is 1.86. The molecule has 4 heteroatoms. The quantitative estimate of drug-likeness (QED) is 0.788. The van der Waals surface area contributed by atoms with E-state index in [1.807, 2.05) is 0 Å². The number of halogens is 2. The first-order valence-corrected chi connectivity index (χ1v) is 4.34. The van der Waals surface area contributed by atoms with E-state index in [4.69, 9.17) is 22.4 Å². The van der Waals surface area contributed by atoms with Gasteiger partial charge in [-0.15, -0.1) is 0 Å². The minimum Gasteiger partial charge on any atom is -0.396 e. The molecule has 0 amide bonds. The maximum atomic E-state index is 13.1. The normalized spacial score (nSPS) is 12.9. The Labute approximate surface area is 81.1 Å². The summed E-state index contributed by atoms with van der Waals surface area (Å²) in [5, 5.41) is 9.07. The van der Waals surface area contributed by atoms with Crippen molar-refractivity contribution in [2.24, 2.45) is 5.73 Å². The van der Waals surface area contributed by atoms with Gasteiger partial charge in [0, 0.05) is 23.2 Å². The Hall–Kier alpha value is -0.640. The number of aliphatic hydroxyl groups excluding tert-OH is 1. The van der Waals surface area contributed by atoms with Gasteiger partial charge in [0.05, 0.1) is 0 Å². The Kier molecular flexibility index (Phi) is 3.66. The second-order valence-electron chi connectivity index (χ2n) is 2.78. The molecule has 0 radical (unpaired) electrons. The van der Waals surface area contributed by atoms with Crippen molar-refractivity contribution < 1.29 is 9.50 Å². The van der Waals surface area contributed by atoms with Crippen LogP contribution in [0.5, 0.6) is 0 Å². The van der Waals surface area contributed by atoms with Crippen LogP contribution < -0.4 is 5.73 Å². The molecule has 0 aromatic heterocycles. The van der Waals surface area contributed by atoms with Crippen LogP contribution in [0.4, 0.5) is 4.39 Å². The van der Waals surface area contributed by atoms with E-state index in [1.165, 1.54) is 18.2 Å². The van der Waals surface area contributed by atoms with Crippen LogP contribution >= 0.6 is 11.6 Å². The molecule has 0 saturated carbocycles. The lowest BCUT2D eigenvalue weighted by Crippen LogP contribution is -2.13. The molecule has 0 saturated heterocycles. The number of aliphatic hydroxyl groups is 1. The van der Waals surface area contributed by atoms with Gasteiger partial charge >= 0.3 is 0 Å². The van der Waals surface area contributed by atoms with E-state index < -0.39 is 6.04 Å². The third-order valence-corrected chi connectivity index (χ3v) is 2.03. The molecule has 0 spiro atoms. The van der Waals surface area contributed by atoms with Crippen LogP contribution in [0.25, 0.3) is 0 Å². The van der Waals surface area contributed by atoms with Crippen LogP contribution in [-0.4, -0.2) is 11.7 Å². The third kappa shape index (κ3) is 2.66. The molecule has 1 aromatic rings. The number of nitrogens with two attached hydrogens (primary N) is 1. The lowest BCUT2D eigenvalue weighted by atomic mass is 10.0. The topological polar surface area (TPSA) is 46.2 Å². The highest BCUT2D eigenvalue weighted by molar-refractivity contribution is 6.30. The van der Waals surface area contributed by atoms with E-state index >= 15 is 0 Å². The standard InChI is InChI=1S/C9H11ClFNO/c10-6-1-2-8(11)7(5-6)9(12)3-4-13/h1-2,5,9,13H,3-4,12H2/t9-/m0/s1. The Morgan fingerprint density at radius 2 is 2.23 bits per heavy atom. The predicted molar refractivity (Wildman–Crippen MR) is 50.0 cm³/mol. The van der Waals surface area contributed by atoms with E-state index in [0.29, 0.717) is 17.0 Å². The van der Waals surface area contributed by atoms with Crippen molar-refractivity contribution >= 4 is 11.6 Å². The molecule has 0 aliphatic rings. The zero-order valence-corrected chi connectivity index (χ0v) is 7.76. The van der Waals surface area contributed by atoms with Gasteiger partial charge in [-0.25, -0.2) is 4.39 Å². The second-order valence-corrected chi connectivity index (χ2v) is 3.22. The molecule has 72 valence electrons. The van der Waals surface area contributed by atoms with Crippen molar-refractivity contribution in [2.75, 3.05) is 6.61 Å². The average molecular weight is 204 g/mol. The summed E-state index contributed by atoms with van der Waals surface area (Å²) in [6.07, 6.45) is 0.331. The van der Waals surface area contributed by atoms with Gasteiger partial charge in [-0.1, -0.05) is 11.6 Å². The summed E-state index contributed by atoms with van der Waals surface area (Å²) < 4.78 is 13.1. The van der Waals surface area contributed by atoms with Crippen molar-refractivity contribution in [3.63, 3.8) is 0 Å². The van der Waals surface area contributed by atoms with Crippen LogP contribution in [0.15, 0.2) is 18.2 Å². The van der Waals surface area contributed by atoms with Gasteiger partial charge in [-0.2, -0.15) is 0 Å². The molecule has 0 aliphatic heterocycles. The lowest BCUT2D eigenvalue weighted by Gasteiger charge is -2.11. The van der Waals surface area contributed by atoms with Gasteiger partial charge in [0.1, 0.15) is 5.82 Å². The first kappa shape index (κ1) is 10.4. The second kappa shape index (κ2) is 4.56. The maximum absolute atomic E-state index is 13.1. The summed E-state index contributed by atoms with van der Waals surface area (Å²) in [4.78, 5) is 0. The molecule has 0 heterocycles. The van der Waals surface area contributed by atoms with Gasteiger partial charge < -0.3 is 10.8 Å². The Bertz CT molecular complexity index is 293. The number of hydrogen-bond acceptors (Lipinski definition) is 2. The summed E-state index contributed by atoms with van der Waals surface area (Å²) in [5.74, 6) is -0.384. The molecule has 0 aliphatic carbocycles. The van der Waals surface area contributed by atoms with Crippen LogP contribution in [0.3, 0.4) is 0 Å². The van der Waals surface area contributed by atoms with E-state index in [1.54, 1.807) is 0 Å². The van der Waals surface area contributed by atoms with Crippen molar-refractivity contribution in [2.45, 2.75) is 12.5 Å². The fraction of sp³-hybridized carbons (Fsp3) is 0.333. The Morgan fingerprint density at radius 3 is 2.85 bits per heavy atom. The molecule has 2 nitrogen and oxygen atoms in total. The van der Waals surface area contributed by atoms with Gasteiger partial charge in [-0.05, 0) is 24.6 Å². The summed E-state index contributed by atoms with van der Waals surface area (Å²) >= 11 is 5.68. The first-order chi connectivity index (χ1) is 6.15. The van der Waals surface area contributed by atoms with Gasteiger partial charge in [-0.3, -0.25) is 0 Å². The van der Waals surface area contributed by atoms with Crippen LogP contribution in [-0.2, 0) is 0 Å². The highest BCUT2D eigenvalue weighted by atomic mass is 35.5. The number of rotatable bonds is 3. The summed E-state index contributed by atoms with van der Waals surface area (Å²) in [7, 11) is 0. The number of benzene rings is 1. The maximum Gasteiger partial charge on any atom is 0.128 e. The van der Waals surface area contributed by atoms with Crippen molar-refractivity contribution in [1.29, 1.82) is 0 Å². The first-order valence-electron chi connectivity index (χ1n) is 3.96. The summed E-state index contributed by atoms with van der Waals surface area (Å²) in [5.41, 5.74) is 5.97. The molecular formula is C9H11ClFNO. The third-order valence-electron chi connectivity index (χ3n) is 1.80. The lowest BCUT2D eigenvalue weighted by molar-refractivity contribution is 0.275. The van der Waals surface area contributed by atoms with E-state index in [2.05, 4.69) is 0 Å². The Morgan fingerprint density at radius 1 is 1.54 bits per heavy atom. The largest absolute Gasteiger partial charge is 0.396 e. The molecule has 3 N–H and O–H groups in total. The molecule has 1 atom stereocenters. The molecule has 1 aromatic carbocycles. The zero-order valence-electron chi connectivity index (χ0n) is 7.00. The SMILES string of the molecule is N[C@@H](CCO)c1cc(Cl)ccc1F. The fourth-order valence-corrected chi connectivity index (χ4v) is 1.27. The van der Waals surface area contributed by atoms with E-state index in [9.17, 15) is 4.39 Å². The zero-order chi connectivity index (χ0) is 9.84. The molecule has 0 fully saturated rings. The highest BCUT2D eigenvalue weighted by Gasteiger charge is 2.10. The molecular weight excluding hydrogens is 193 g/mol.